The predicted molar refractivity (Wildman–Crippen MR) is 108 cm³/mol. The molecule has 0 unspecified atom stereocenters. The van der Waals surface area contributed by atoms with E-state index in [0.29, 0.717) is 0 Å². The summed E-state index contributed by atoms with van der Waals surface area (Å²) in [6, 6.07) is 8.18. The Labute approximate surface area is 172 Å². The molecule has 0 aromatic heterocycles. The smallest absolute Gasteiger partial charge is 0.410 e. The second-order valence-corrected chi connectivity index (χ2v) is 8.42. The Morgan fingerprint density at radius 1 is 1.03 bits per heavy atom. The first kappa shape index (κ1) is 22.5. The van der Waals surface area contributed by atoms with Gasteiger partial charge in [-0.2, -0.15) is 0 Å². The van der Waals surface area contributed by atoms with E-state index in [-0.39, 0.29) is 31.6 Å². The molecule has 3 amide bonds. The normalized spacial score (nSPS) is 19.5. The number of piperazine rings is 1. The first-order valence-corrected chi connectivity index (χ1v) is 9.67. The average molecular weight is 405 g/mol. The Balaban J connectivity index is 2.15. The van der Waals surface area contributed by atoms with Gasteiger partial charge in [0.15, 0.2) is 0 Å². The first-order valence-electron chi connectivity index (χ1n) is 9.67. The van der Waals surface area contributed by atoms with E-state index in [9.17, 15) is 14.4 Å². The maximum atomic E-state index is 12.8. The van der Waals surface area contributed by atoms with Crippen molar-refractivity contribution in [3.63, 3.8) is 0 Å². The molecule has 2 atom stereocenters. The molecular weight excluding hydrogens is 374 g/mol. The first-order chi connectivity index (χ1) is 13.5. The van der Waals surface area contributed by atoms with Gasteiger partial charge in [-0.1, -0.05) is 30.3 Å². The number of benzene rings is 1. The molecule has 0 radical (unpaired) electrons. The van der Waals surface area contributed by atoms with E-state index in [0.717, 1.165) is 5.56 Å². The zero-order valence-corrected chi connectivity index (χ0v) is 18.0. The summed E-state index contributed by atoms with van der Waals surface area (Å²) < 4.78 is 10.9. The summed E-state index contributed by atoms with van der Waals surface area (Å²) in [6.45, 7) is 7.52. The molecule has 29 heavy (non-hydrogen) atoms. The topological polar surface area (TPSA) is 79.4 Å². The van der Waals surface area contributed by atoms with Crippen LogP contribution in [0.1, 0.15) is 33.3 Å². The molecule has 0 N–H and O–H groups in total. The van der Waals surface area contributed by atoms with Gasteiger partial charge in [0.05, 0.1) is 12.6 Å². The van der Waals surface area contributed by atoms with Crippen LogP contribution in [-0.4, -0.2) is 77.7 Å². The van der Waals surface area contributed by atoms with Crippen LogP contribution in [0.5, 0.6) is 0 Å². The van der Waals surface area contributed by atoms with Gasteiger partial charge in [0.2, 0.25) is 5.91 Å². The number of hydrogen-bond donors (Lipinski definition) is 0. The van der Waals surface area contributed by atoms with Crippen molar-refractivity contribution in [1.82, 2.24) is 14.7 Å². The van der Waals surface area contributed by atoms with Crippen molar-refractivity contribution in [2.24, 2.45) is 0 Å². The number of carbonyl (C=O) groups is 3. The molecule has 1 heterocycles. The maximum Gasteiger partial charge on any atom is 0.410 e. The van der Waals surface area contributed by atoms with Gasteiger partial charge in [-0.3, -0.25) is 9.69 Å². The van der Waals surface area contributed by atoms with Gasteiger partial charge in [0, 0.05) is 20.6 Å². The lowest BCUT2D eigenvalue weighted by molar-refractivity contribution is -0.136. The highest BCUT2D eigenvalue weighted by Gasteiger charge is 2.42. The molecule has 1 aliphatic rings. The minimum atomic E-state index is -0.836. The van der Waals surface area contributed by atoms with Crippen LogP contribution in [0, 0.1) is 0 Å². The van der Waals surface area contributed by atoms with E-state index < -0.39 is 23.8 Å². The molecule has 1 fully saturated rings. The van der Waals surface area contributed by atoms with Crippen molar-refractivity contribution in [2.45, 2.75) is 52.0 Å². The van der Waals surface area contributed by atoms with Crippen molar-refractivity contribution in [3.05, 3.63) is 35.9 Å². The quantitative estimate of drug-likeness (QED) is 0.773. The lowest BCUT2D eigenvalue weighted by Crippen LogP contribution is -2.64. The third-order valence-electron chi connectivity index (χ3n) is 4.53. The van der Waals surface area contributed by atoms with Gasteiger partial charge in [0.25, 0.3) is 0 Å². The molecule has 8 heteroatoms. The summed E-state index contributed by atoms with van der Waals surface area (Å²) in [5, 5.41) is 0. The average Bonchev–Trinajstić information content (AvgIpc) is 2.64. The van der Waals surface area contributed by atoms with Crippen LogP contribution in [0.25, 0.3) is 0 Å². The number of nitrogens with zero attached hydrogens (tertiary/aromatic N) is 3. The van der Waals surface area contributed by atoms with E-state index in [1.54, 1.807) is 34.9 Å². The van der Waals surface area contributed by atoms with E-state index in [2.05, 4.69) is 0 Å². The number of carbonyl (C=O) groups excluding carboxylic acids is 3. The lowest BCUT2D eigenvalue weighted by atomic mass is 10.1. The van der Waals surface area contributed by atoms with Crippen LogP contribution in [-0.2, 0) is 20.9 Å². The maximum absolute atomic E-state index is 12.8. The summed E-state index contributed by atoms with van der Waals surface area (Å²) in [5.41, 5.74) is 0.209. The van der Waals surface area contributed by atoms with Crippen LogP contribution in [0.4, 0.5) is 9.59 Å². The number of ether oxygens (including phenoxy) is 2. The third-order valence-corrected chi connectivity index (χ3v) is 4.53. The van der Waals surface area contributed by atoms with Crippen molar-refractivity contribution >= 4 is 18.1 Å². The van der Waals surface area contributed by atoms with Crippen LogP contribution in [0.15, 0.2) is 30.3 Å². The van der Waals surface area contributed by atoms with Crippen molar-refractivity contribution in [2.75, 3.05) is 27.2 Å². The van der Waals surface area contributed by atoms with E-state index in [4.69, 9.17) is 9.47 Å². The van der Waals surface area contributed by atoms with Gasteiger partial charge >= 0.3 is 12.2 Å². The predicted octanol–water partition coefficient (Wildman–Crippen LogP) is 2.72. The number of rotatable bonds is 3. The van der Waals surface area contributed by atoms with E-state index >= 15 is 0 Å². The highest BCUT2D eigenvalue weighted by atomic mass is 16.6. The second kappa shape index (κ2) is 9.15. The monoisotopic (exact) mass is 405 g/mol. The van der Waals surface area contributed by atoms with Crippen LogP contribution in [0.2, 0.25) is 0 Å². The molecular formula is C21H31N3O5. The highest BCUT2D eigenvalue weighted by molar-refractivity contribution is 5.86. The fourth-order valence-electron chi connectivity index (χ4n) is 3.06. The van der Waals surface area contributed by atoms with Crippen molar-refractivity contribution in [1.29, 1.82) is 0 Å². The Morgan fingerprint density at radius 3 is 2.21 bits per heavy atom. The molecule has 0 bridgehead atoms. The fourth-order valence-corrected chi connectivity index (χ4v) is 3.06. The van der Waals surface area contributed by atoms with Crippen molar-refractivity contribution in [3.8, 4) is 0 Å². The minimum absolute atomic E-state index is 0.0491. The second-order valence-electron chi connectivity index (χ2n) is 8.42. The summed E-state index contributed by atoms with van der Waals surface area (Å²) in [4.78, 5) is 42.4. The zero-order chi connectivity index (χ0) is 21.8. The van der Waals surface area contributed by atoms with Crippen molar-refractivity contribution < 1.29 is 23.9 Å². The van der Waals surface area contributed by atoms with E-state index in [1.165, 1.54) is 14.7 Å². The molecule has 1 saturated heterocycles. The fraction of sp³-hybridized carbons (Fsp3) is 0.571. The standard InChI is InChI=1S/C21H31N3O5/c1-15-12-24(19(26)28-14-16-10-8-7-9-11-16)17(18(25)22(5)6)13-23(15)20(27)29-21(2,3)4/h7-11,15,17H,12-14H2,1-6H3/t15-,17-/m1/s1. The molecule has 1 aliphatic heterocycles. The minimum Gasteiger partial charge on any atom is -0.445 e. The number of likely N-dealkylation sites (N-methyl/N-ethyl adjacent to an activating group) is 1. The Hall–Kier alpha value is -2.77. The largest absolute Gasteiger partial charge is 0.445 e. The Morgan fingerprint density at radius 2 is 1.66 bits per heavy atom. The molecule has 8 nitrogen and oxygen atoms in total. The molecule has 0 saturated carbocycles. The summed E-state index contributed by atoms with van der Waals surface area (Å²) in [5.74, 6) is -0.276. The van der Waals surface area contributed by atoms with Gasteiger partial charge in [-0.05, 0) is 33.3 Å². The van der Waals surface area contributed by atoms with Gasteiger partial charge in [-0.15, -0.1) is 0 Å². The number of hydrogen-bond acceptors (Lipinski definition) is 5. The SMILES string of the molecule is C[C@@H]1CN(C(=O)OCc2ccccc2)[C@@H](C(=O)N(C)C)CN1C(=O)OC(C)(C)C. The van der Waals surface area contributed by atoms with Gasteiger partial charge in [0.1, 0.15) is 18.2 Å². The zero-order valence-electron chi connectivity index (χ0n) is 18.0. The summed E-state index contributed by atoms with van der Waals surface area (Å²) >= 11 is 0. The Bertz CT molecular complexity index is 730. The van der Waals surface area contributed by atoms with Gasteiger partial charge in [-0.25, -0.2) is 9.59 Å². The lowest BCUT2D eigenvalue weighted by Gasteiger charge is -2.44. The highest BCUT2D eigenvalue weighted by Crippen LogP contribution is 2.21. The molecule has 1 aromatic carbocycles. The van der Waals surface area contributed by atoms with Gasteiger partial charge < -0.3 is 19.3 Å². The summed E-state index contributed by atoms with van der Waals surface area (Å²) in [6.07, 6.45) is -1.08. The molecule has 1 aromatic rings. The summed E-state index contributed by atoms with van der Waals surface area (Å²) in [7, 11) is 3.23. The van der Waals surface area contributed by atoms with Crippen LogP contribution in [0.3, 0.4) is 0 Å². The van der Waals surface area contributed by atoms with Crippen LogP contribution < -0.4 is 0 Å². The molecule has 0 aliphatic carbocycles. The van der Waals surface area contributed by atoms with Crippen LogP contribution >= 0.6 is 0 Å². The molecule has 2 rings (SSSR count). The Kier molecular flexibility index (Phi) is 7.11. The number of amides is 3. The molecule has 160 valence electrons. The molecule has 0 spiro atoms. The third kappa shape index (κ3) is 6.10. The van der Waals surface area contributed by atoms with E-state index in [1.807, 2.05) is 37.3 Å².